The van der Waals surface area contributed by atoms with Crippen molar-refractivity contribution in [2.75, 3.05) is 120 Å². The van der Waals surface area contributed by atoms with Crippen molar-refractivity contribution in [3.05, 3.63) is 345 Å². The van der Waals surface area contributed by atoms with Gasteiger partial charge >= 0.3 is 0 Å². The lowest BCUT2D eigenvalue weighted by molar-refractivity contribution is 0.122. The normalized spacial score (nSPS) is 11.6. The highest BCUT2D eigenvalue weighted by Gasteiger charge is 2.23. The maximum Gasteiger partial charge on any atom is 0.248 e. The lowest BCUT2D eigenvalue weighted by Gasteiger charge is -2.29. The second-order valence-corrected chi connectivity index (χ2v) is 32.1. The number of benzene rings is 10. The largest absolute Gasteiger partial charge is 0.454 e. The molecule has 1 saturated heterocycles. The van der Waals surface area contributed by atoms with E-state index in [1.807, 2.05) is 212 Å². The molecule has 0 radical (unpaired) electrons. The molecule has 46 heteroatoms. The van der Waals surface area contributed by atoms with Crippen LogP contribution < -0.4 is 96.2 Å². The minimum atomic E-state index is -0.412. The van der Waals surface area contributed by atoms with Crippen LogP contribution >= 0.6 is 0 Å². The van der Waals surface area contributed by atoms with Crippen molar-refractivity contribution >= 4 is 151 Å². The number of aryl methyl sites for hydroxylation is 3. The molecule has 0 spiro atoms. The first kappa shape index (κ1) is 96.8. The van der Waals surface area contributed by atoms with Crippen LogP contribution in [0, 0.1) is 18.6 Å². The lowest BCUT2D eigenvalue weighted by atomic mass is 10.1. The van der Waals surface area contributed by atoms with Crippen LogP contribution in [0.2, 0.25) is 0 Å². The molecular weight excluding hydrogens is 1870 g/mol. The van der Waals surface area contributed by atoms with Gasteiger partial charge in [0.1, 0.15) is 72.4 Å². The Bertz CT molecular complexity index is 7800. The quantitative estimate of drug-likeness (QED) is 0.0207. The Kier molecular flexibility index (Phi) is 30.6. The zero-order valence-corrected chi connectivity index (χ0v) is 79.2. The summed E-state index contributed by atoms with van der Waals surface area (Å²) < 4.78 is 52.1. The Balaban J connectivity index is 0.000000121. The van der Waals surface area contributed by atoms with Crippen molar-refractivity contribution in [1.29, 1.82) is 0 Å². The summed E-state index contributed by atoms with van der Waals surface area (Å²) in [6, 6.07) is 88.8. The SMILES string of the molecule is CCCc1ccccc1Nc1nc(N)n(-c2cc(Nc3ccccc3)ncn2)n1.CCc1ccccc1Nc1nc(N)n(-c2cc(Nc3ccccc3)ncn2)n1.Cc1cccc(Nc2nc(N)n(-c3cc(Nc4ccccc4)ncn3)n2)c1F.Nc1nc(Nc2ccc(N3CCOCC3)cc2F)nn1-c1cc(Nc2ccccc2)ncn1.Nc1nc(Nc2ccc3c(c2)OCO3)nn1-c1cc(Nc2ccccc2)ncn1. The Morgan fingerprint density at radius 1 is 0.306 bits per heavy atom. The van der Waals surface area contributed by atoms with Crippen LogP contribution in [0.3, 0.4) is 0 Å². The number of ether oxygens (including phenoxy) is 3. The van der Waals surface area contributed by atoms with Crippen LogP contribution in [0.5, 0.6) is 11.5 Å². The molecule has 1 fully saturated rings. The maximum absolute atomic E-state index is 14.7. The van der Waals surface area contributed by atoms with E-state index < -0.39 is 5.82 Å². The summed E-state index contributed by atoms with van der Waals surface area (Å²) >= 11 is 0. The molecule has 20 aromatic rings. The van der Waals surface area contributed by atoms with Crippen molar-refractivity contribution < 1.29 is 23.0 Å². The van der Waals surface area contributed by atoms with Gasteiger partial charge in [0.25, 0.3) is 0 Å². The average molecular weight is 1970 g/mol. The first-order valence-electron chi connectivity index (χ1n) is 46.1. The second kappa shape index (κ2) is 46.5. The Morgan fingerprint density at radius 3 is 1.01 bits per heavy atom. The van der Waals surface area contributed by atoms with Crippen LogP contribution in [-0.4, -0.2) is 157 Å². The topological polar surface area (TPSA) is 564 Å². The van der Waals surface area contributed by atoms with Gasteiger partial charge in [-0.1, -0.05) is 160 Å². The highest BCUT2D eigenvalue weighted by Crippen LogP contribution is 2.37. The molecule has 0 aliphatic carbocycles. The van der Waals surface area contributed by atoms with Gasteiger partial charge in [-0.2, -0.15) is 48.3 Å². The highest BCUT2D eigenvalue weighted by molar-refractivity contribution is 5.69. The Morgan fingerprint density at radius 2 is 0.639 bits per heavy atom. The third kappa shape index (κ3) is 25.4. The van der Waals surface area contributed by atoms with Crippen LogP contribution in [0.4, 0.5) is 160 Å². The van der Waals surface area contributed by atoms with Crippen LogP contribution in [-0.2, 0) is 17.6 Å². The van der Waals surface area contributed by atoms with E-state index in [1.165, 1.54) is 72.2 Å². The predicted molar refractivity (Wildman–Crippen MR) is 561 cm³/mol. The number of para-hydroxylation sites is 7. The Labute approximate surface area is 839 Å². The van der Waals surface area contributed by atoms with Gasteiger partial charge in [0, 0.05) is 101 Å². The van der Waals surface area contributed by atoms with Crippen molar-refractivity contribution in [3.63, 3.8) is 0 Å². The van der Waals surface area contributed by atoms with Crippen LogP contribution in [0.1, 0.15) is 37.0 Å². The van der Waals surface area contributed by atoms with Crippen molar-refractivity contribution in [2.24, 2.45) is 0 Å². The number of fused-ring (bicyclic) bond motifs is 1. The number of anilines is 26. The zero-order valence-electron chi connectivity index (χ0n) is 79.2. The minimum Gasteiger partial charge on any atom is -0.454 e. The van der Waals surface area contributed by atoms with E-state index in [-0.39, 0.29) is 65.6 Å². The van der Waals surface area contributed by atoms with E-state index in [0.29, 0.717) is 106 Å². The predicted octanol–water partition coefficient (Wildman–Crippen LogP) is 17.3. The summed E-state index contributed by atoms with van der Waals surface area (Å²) in [7, 11) is 0. The summed E-state index contributed by atoms with van der Waals surface area (Å²) in [6.07, 6.45) is 10.1. The first-order valence-corrected chi connectivity index (χ1v) is 46.1. The van der Waals surface area contributed by atoms with E-state index in [4.69, 9.17) is 42.9 Å². The maximum atomic E-state index is 14.7. The number of nitrogen functional groups attached to an aromatic ring is 5. The number of morpholine rings is 1. The molecule has 0 amide bonds. The number of nitrogens with one attached hydrogen (secondary N) is 10. The standard InChI is InChI=1S/C22H22FN9O.C21H22N8.C20H20N8.C19H17FN8.C19H16N8O2/c23-17-12-16(31-8-10-33-11-9-31)6-7-18(17)28-22-29-21(24)32(30-22)20-13-19(25-14-26-20)27-15-4-2-1-3-5-15;1-2-8-15-9-6-7-12-17(15)26-21-27-20(22)29(28-21)19-13-18(23-14-24-19)25-16-10-4-3-5-11-16;1-2-14-8-6-7-11-16(14)25-20-26-19(21)28(27-20)18-12-17(22-13-23-18)24-15-9-4-3-5-10-15;1-12-6-5-9-14(17(12)20)25-19-26-18(21)28(27-19)16-10-15(22-11-23-16)24-13-7-3-2-4-8-13;20-18-25-19(24-13-6-7-14-15(8-13)29-11-28-14)26-27(18)17-9-16(21-10-22-17)23-12-4-2-1-3-5-12/h1-7,12-14H,8-11H2,(H,25,26,27)(H3,24,28,29,30);3-7,9-14H,2,8H2,1H3,(H,23,24,25)(H3,22,26,27,28);3-13H,2H2,1H3,(H,22,23,24)(H3,21,25,26,27);2-11H,1H3,(H,22,23,24)(H3,21,25,26,27);1-10H,11H2,(H,21,22,23)(H3,20,24,25,26). The fourth-order valence-electron chi connectivity index (χ4n) is 14.8. The smallest absolute Gasteiger partial charge is 0.248 e. The minimum absolute atomic E-state index is 0.104. The molecule has 0 atom stereocenters. The highest BCUT2D eigenvalue weighted by atomic mass is 19.1. The van der Waals surface area contributed by atoms with Crippen LogP contribution in [0.15, 0.2) is 317 Å². The fourth-order valence-corrected chi connectivity index (χ4v) is 14.8. The van der Waals surface area contributed by atoms with Gasteiger partial charge in [-0.3, -0.25) is 0 Å². The van der Waals surface area contributed by atoms with Crippen molar-refractivity contribution in [3.8, 4) is 40.6 Å². The van der Waals surface area contributed by atoms with Gasteiger partial charge in [0.05, 0.1) is 24.6 Å². The molecule has 0 saturated carbocycles. The molecule has 12 heterocycles. The van der Waals surface area contributed by atoms with Gasteiger partial charge in [-0.15, -0.1) is 25.5 Å². The molecule has 0 unspecified atom stereocenters. The number of aromatic nitrogens is 25. The van der Waals surface area contributed by atoms with Gasteiger partial charge < -0.3 is 101 Å². The monoisotopic (exact) mass is 1970 g/mol. The fraction of sp³-hybridized carbons (Fsp3) is 0.109. The molecule has 20 N–H and O–H groups in total. The van der Waals surface area contributed by atoms with Gasteiger partial charge in [-0.25, -0.2) is 58.6 Å². The first-order chi connectivity index (χ1) is 71.9. The summed E-state index contributed by atoms with van der Waals surface area (Å²) in [5.74, 6) is 8.37. The van der Waals surface area contributed by atoms with Gasteiger partial charge in [0.2, 0.25) is 66.3 Å². The molecule has 10 aromatic heterocycles. The van der Waals surface area contributed by atoms with Crippen LogP contribution in [0.25, 0.3) is 29.1 Å². The van der Waals surface area contributed by atoms with E-state index in [9.17, 15) is 8.78 Å². The molecule has 2 aliphatic heterocycles. The third-order valence-corrected chi connectivity index (χ3v) is 21.8. The number of hydrogen-bond donors (Lipinski definition) is 15. The van der Waals surface area contributed by atoms with E-state index in [0.717, 1.165) is 83.5 Å². The molecule has 10 aromatic carbocycles. The number of rotatable bonds is 29. The lowest BCUT2D eigenvalue weighted by Crippen LogP contribution is -2.36. The molecule has 22 rings (SSSR count). The Hall–Kier alpha value is -20.5. The van der Waals surface area contributed by atoms with Gasteiger partial charge in [0.15, 0.2) is 40.6 Å². The molecule has 738 valence electrons. The second-order valence-electron chi connectivity index (χ2n) is 32.1. The average Bonchev–Trinajstić information content (AvgIpc) is 1.69. The summed E-state index contributed by atoms with van der Waals surface area (Å²) in [5.41, 5.74) is 41.7. The summed E-state index contributed by atoms with van der Waals surface area (Å²) in [4.78, 5) is 65.7. The van der Waals surface area contributed by atoms with E-state index in [2.05, 4.69) is 184 Å². The van der Waals surface area contributed by atoms with E-state index >= 15 is 0 Å². The van der Waals surface area contributed by atoms with Crippen molar-refractivity contribution in [1.82, 2.24) is 124 Å². The molecule has 0 bridgehead atoms. The number of halogens is 2. The number of hydrogen-bond acceptors (Lipinski definition) is 39. The summed E-state index contributed by atoms with van der Waals surface area (Å²) in [5, 5.41) is 53.3. The molecular formula is C101H97F2N41O3. The number of nitrogens with zero attached hydrogens (tertiary/aromatic N) is 26. The summed E-state index contributed by atoms with van der Waals surface area (Å²) in [6.45, 7) is 8.88. The molecule has 2 aliphatic rings. The zero-order chi connectivity index (χ0) is 101. The van der Waals surface area contributed by atoms with Crippen molar-refractivity contribution in [2.45, 2.75) is 40.0 Å². The van der Waals surface area contributed by atoms with Gasteiger partial charge in [-0.05, 0) is 146 Å². The van der Waals surface area contributed by atoms with E-state index in [1.54, 1.807) is 61.5 Å². The molecule has 147 heavy (non-hydrogen) atoms. The molecule has 44 nitrogen and oxygen atoms in total. The number of nitrogens with two attached hydrogens (primary N) is 5. The third-order valence-electron chi connectivity index (χ3n) is 21.8.